The van der Waals surface area contributed by atoms with Crippen molar-refractivity contribution in [1.82, 2.24) is 40.1 Å². The van der Waals surface area contributed by atoms with Gasteiger partial charge in [0, 0.05) is 23.3 Å². The first-order chi connectivity index (χ1) is 16.1. The third-order valence-electron chi connectivity index (χ3n) is 5.59. The molecule has 0 radical (unpaired) electrons. The van der Waals surface area contributed by atoms with Crippen molar-refractivity contribution in [1.29, 1.82) is 0 Å². The standard InChI is InChI=1S/C23H23N8OP/c1-24-33(32,25-2)20-8-5-16(6-9-20)13-19-14-27-22-23(28-19)31(30-29-22)15-17-7-10-21-18(12-17)4-3-11-26-21/h3-12,14H,13,15H2,1-2H3,(H2,24,25,32). The van der Waals surface area contributed by atoms with Crippen LogP contribution >= 0.6 is 7.44 Å². The average Bonchev–Trinajstić information content (AvgIpc) is 3.26. The fraction of sp³-hybridized carbons (Fsp3) is 0.174. The van der Waals surface area contributed by atoms with Crippen LogP contribution in [0.15, 0.2) is 67.0 Å². The zero-order valence-corrected chi connectivity index (χ0v) is 19.2. The van der Waals surface area contributed by atoms with Gasteiger partial charge in [0.05, 0.1) is 24.0 Å². The van der Waals surface area contributed by atoms with Crippen molar-refractivity contribution in [2.75, 3.05) is 14.1 Å². The molecule has 0 atom stereocenters. The van der Waals surface area contributed by atoms with Crippen LogP contribution in [0.5, 0.6) is 0 Å². The van der Waals surface area contributed by atoms with Crippen LogP contribution in [0.2, 0.25) is 0 Å². The fourth-order valence-electron chi connectivity index (χ4n) is 3.78. The molecule has 0 bridgehead atoms. The van der Waals surface area contributed by atoms with Gasteiger partial charge in [0.1, 0.15) is 0 Å². The van der Waals surface area contributed by atoms with Crippen LogP contribution in [0.1, 0.15) is 16.8 Å². The maximum Gasteiger partial charge on any atom is 0.240 e. The van der Waals surface area contributed by atoms with Crippen LogP contribution in [-0.4, -0.2) is 44.0 Å². The van der Waals surface area contributed by atoms with Gasteiger partial charge in [0.2, 0.25) is 13.1 Å². The predicted molar refractivity (Wildman–Crippen MR) is 129 cm³/mol. The second-order valence-electron chi connectivity index (χ2n) is 7.69. The Kier molecular flexibility index (Phi) is 5.68. The molecule has 0 amide bonds. The molecule has 2 aromatic carbocycles. The van der Waals surface area contributed by atoms with Gasteiger partial charge in [-0.05, 0) is 55.6 Å². The number of hydrogen-bond donors (Lipinski definition) is 2. The zero-order valence-electron chi connectivity index (χ0n) is 18.3. The van der Waals surface area contributed by atoms with E-state index >= 15 is 0 Å². The molecule has 5 rings (SSSR count). The number of nitrogens with one attached hydrogen (secondary N) is 2. The maximum absolute atomic E-state index is 12.7. The molecule has 3 aromatic heterocycles. The van der Waals surface area contributed by atoms with E-state index in [-0.39, 0.29) is 0 Å². The van der Waals surface area contributed by atoms with E-state index in [0.717, 1.165) is 33.0 Å². The molecular formula is C23H23N8OP. The fourth-order valence-corrected chi connectivity index (χ4v) is 5.09. The van der Waals surface area contributed by atoms with Crippen molar-refractivity contribution < 1.29 is 4.57 Å². The van der Waals surface area contributed by atoms with Gasteiger partial charge >= 0.3 is 0 Å². The highest BCUT2D eigenvalue weighted by molar-refractivity contribution is 7.67. The van der Waals surface area contributed by atoms with Crippen LogP contribution in [0.25, 0.3) is 22.2 Å². The number of nitrogens with zero attached hydrogens (tertiary/aromatic N) is 6. The van der Waals surface area contributed by atoms with Gasteiger partial charge < -0.3 is 0 Å². The summed E-state index contributed by atoms with van der Waals surface area (Å²) in [6.45, 7) is 0.539. The molecule has 0 aliphatic rings. The smallest absolute Gasteiger partial charge is 0.240 e. The summed E-state index contributed by atoms with van der Waals surface area (Å²) >= 11 is 0. The second-order valence-corrected chi connectivity index (χ2v) is 10.3. The molecule has 166 valence electrons. The lowest BCUT2D eigenvalue weighted by molar-refractivity contribution is 0.570. The van der Waals surface area contributed by atoms with Gasteiger partial charge in [-0.3, -0.25) is 19.7 Å². The van der Waals surface area contributed by atoms with Gasteiger partial charge in [-0.15, -0.1) is 5.10 Å². The minimum Gasteiger partial charge on any atom is -0.284 e. The molecule has 0 fully saturated rings. The summed E-state index contributed by atoms with van der Waals surface area (Å²) in [5.41, 5.74) is 5.06. The molecule has 0 saturated carbocycles. The summed E-state index contributed by atoms with van der Waals surface area (Å²) in [7, 11) is 0.598. The molecule has 10 heteroatoms. The topological polar surface area (TPSA) is 111 Å². The van der Waals surface area contributed by atoms with E-state index in [1.54, 1.807) is 31.2 Å². The Hall–Kier alpha value is -3.52. The lowest BCUT2D eigenvalue weighted by Gasteiger charge is -2.16. The van der Waals surface area contributed by atoms with E-state index in [2.05, 4.69) is 36.5 Å². The second kappa shape index (κ2) is 8.78. The van der Waals surface area contributed by atoms with Gasteiger partial charge in [0.15, 0.2) is 5.65 Å². The highest BCUT2D eigenvalue weighted by atomic mass is 31.2. The Morgan fingerprint density at radius 3 is 2.55 bits per heavy atom. The number of rotatable bonds is 7. The minimum absolute atomic E-state index is 0.514. The van der Waals surface area contributed by atoms with Crippen molar-refractivity contribution in [3.63, 3.8) is 0 Å². The first-order valence-corrected chi connectivity index (χ1v) is 12.2. The van der Waals surface area contributed by atoms with Crippen LogP contribution in [-0.2, 0) is 17.5 Å². The van der Waals surface area contributed by atoms with E-state index in [9.17, 15) is 4.57 Å². The quantitative estimate of drug-likeness (QED) is 0.358. The molecule has 0 saturated heterocycles. The van der Waals surface area contributed by atoms with Crippen LogP contribution in [0, 0.1) is 0 Å². The summed E-state index contributed by atoms with van der Waals surface area (Å²) in [6.07, 6.45) is 4.11. The summed E-state index contributed by atoms with van der Waals surface area (Å²) in [6, 6.07) is 17.8. The summed E-state index contributed by atoms with van der Waals surface area (Å²) in [4.78, 5) is 13.6. The SMILES string of the molecule is CNP(=O)(NC)c1ccc(Cc2cnc3nnn(Cc4ccc5ncccc5c4)c3n2)cc1. The van der Waals surface area contributed by atoms with Gasteiger partial charge in [-0.2, -0.15) is 0 Å². The number of pyridine rings is 1. The first kappa shape index (κ1) is 21.3. The normalized spacial score (nSPS) is 11.9. The monoisotopic (exact) mass is 458 g/mol. The third-order valence-corrected chi connectivity index (χ3v) is 7.88. The largest absolute Gasteiger partial charge is 0.284 e. The lowest BCUT2D eigenvalue weighted by Crippen LogP contribution is -2.25. The highest BCUT2D eigenvalue weighted by Gasteiger charge is 2.19. The van der Waals surface area contributed by atoms with Crippen molar-refractivity contribution in [2.24, 2.45) is 0 Å². The molecule has 3 heterocycles. The molecule has 9 nitrogen and oxygen atoms in total. The Morgan fingerprint density at radius 1 is 0.970 bits per heavy atom. The van der Waals surface area contributed by atoms with Gasteiger partial charge in [-0.25, -0.2) is 14.6 Å². The van der Waals surface area contributed by atoms with Crippen molar-refractivity contribution >= 4 is 34.9 Å². The molecule has 5 aromatic rings. The van der Waals surface area contributed by atoms with Crippen molar-refractivity contribution in [3.8, 4) is 0 Å². The van der Waals surface area contributed by atoms with Crippen molar-refractivity contribution in [2.45, 2.75) is 13.0 Å². The number of aromatic nitrogens is 6. The first-order valence-electron chi connectivity index (χ1n) is 10.5. The van der Waals surface area contributed by atoms with Crippen molar-refractivity contribution in [3.05, 3.63) is 83.8 Å². The molecular weight excluding hydrogens is 435 g/mol. The maximum atomic E-state index is 12.7. The number of benzene rings is 2. The molecule has 33 heavy (non-hydrogen) atoms. The number of hydrogen-bond acceptors (Lipinski definition) is 6. The van der Waals surface area contributed by atoms with Gasteiger partial charge in [0.25, 0.3) is 0 Å². The lowest BCUT2D eigenvalue weighted by atomic mass is 10.1. The van der Waals surface area contributed by atoms with E-state index < -0.39 is 7.44 Å². The molecule has 0 spiro atoms. The Morgan fingerprint density at radius 2 is 1.76 bits per heavy atom. The Balaban J connectivity index is 1.39. The highest BCUT2D eigenvalue weighted by Crippen LogP contribution is 2.32. The molecule has 0 unspecified atom stereocenters. The van der Waals surface area contributed by atoms with Crippen LogP contribution in [0.4, 0.5) is 0 Å². The summed E-state index contributed by atoms with van der Waals surface area (Å²) in [5.74, 6) is 0. The van der Waals surface area contributed by atoms with Gasteiger partial charge in [-0.1, -0.05) is 29.5 Å². The molecule has 0 aliphatic heterocycles. The van der Waals surface area contributed by atoms with Crippen LogP contribution in [0.3, 0.4) is 0 Å². The van der Waals surface area contributed by atoms with Crippen LogP contribution < -0.4 is 15.5 Å². The summed E-state index contributed by atoms with van der Waals surface area (Å²) in [5, 5.41) is 16.0. The molecule has 0 aliphatic carbocycles. The minimum atomic E-state index is -2.77. The Bertz CT molecular complexity index is 1470. The van der Waals surface area contributed by atoms with E-state index in [4.69, 9.17) is 4.98 Å². The number of fused-ring (bicyclic) bond motifs is 2. The van der Waals surface area contributed by atoms with E-state index in [0.29, 0.717) is 24.3 Å². The molecule has 2 N–H and O–H groups in total. The van der Waals surface area contributed by atoms with E-state index in [1.807, 2.05) is 48.5 Å². The average molecular weight is 458 g/mol. The predicted octanol–water partition coefficient (Wildman–Crippen LogP) is 2.67. The summed E-state index contributed by atoms with van der Waals surface area (Å²) < 4.78 is 14.5. The van der Waals surface area contributed by atoms with E-state index in [1.165, 1.54) is 0 Å². The Labute approximate surface area is 190 Å². The zero-order chi connectivity index (χ0) is 22.8. The third kappa shape index (κ3) is 4.26.